The third-order valence-electron chi connectivity index (χ3n) is 5.02. The molecule has 1 N–H and O–H groups in total. The van der Waals surface area contributed by atoms with Crippen molar-refractivity contribution in [3.63, 3.8) is 0 Å². The molecule has 19 heavy (non-hydrogen) atoms. The Morgan fingerprint density at radius 3 is 2.53 bits per heavy atom. The molecule has 2 unspecified atom stereocenters. The fourth-order valence-corrected chi connectivity index (χ4v) is 3.95. The topological polar surface area (TPSA) is 35.6 Å². The molecule has 0 aromatic rings. The molecule has 3 fully saturated rings. The van der Waals surface area contributed by atoms with Crippen LogP contribution >= 0.6 is 0 Å². The lowest BCUT2D eigenvalue weighted by Gasteiger charge is -2.39. The highest BCUT2D eigenvalue weighted by Crippen LogP contribution is 2.24. The predicted molar refractivity (Wildman–Crippen MR) is 76.1 cm³/mol. The zero-order valence-corrected chi connectivity index (χ0v) is 11.9. The number of nitrogens with one attached hydrogen (secondary N) is 1. The van der Waals surface area contributed by atoms with E-state index in [-0.39, 0.29) is 0 Å². The number of amides is 1. The third-order valence-corrected chi connectivity index (χ3v) is 5.02. The van der Waals surface area contributed by atoms with Crippen LogP contribution in [0.15, 0.2) is 0 Å². The monoisotopic (exact) mass is 265 g/mol. The molecular weight excluding hydrogens is 238 g/mol. The van der Waals surface area contributed by atoms with Gasteiger partial charge in [-0.05, 0) is 51.6 Å². The number of likely N-dealkylation sites (tertiary alicyclic amines) is 2. The summed E-state index contributed by atoms with van der Waals surface area (Å²) in [7, 11) is 0. The highest BCUT2D eigenvalue weighted by molar-refractivity contribution is 5.78. The first kappa shape index (κ1) is 13.4. The van der Waals surface area contributed by atoms with Crippen LogP contribution in [-0.2, 0) is 4.79 Å². The quantitative estimate of drug-likeness (QED) is 0.833. The summed E-state index contributed by atoms with van der Waals surface area (Å²) >= 11 is 0. The molecule has 4 heteroatoms. The Morgan fingerprint density at radius 2 is 1.79 bits per heavy atom. The molecule has 1 amide bonds. The summed E-state index contributed by atoms with van der Waals surface area (Å²) in [6.45, 7) is 4.90. The summed E-state index contributed by atoms with van der Waals surface area (Å²) in [5.74, 6) is 0.363. The number of carbonyl (C=O) groups excluding carboxylic acids is 1. The van der Waals surface area contributed by atoms with Gasteiger partial charge in [-0.25, -0.2) is 0 Å². The number of piperidine rings is 1. The molecule has 0 aromatic carbocycles. The summed E-state index contributed by atoms with van der Waals surface area (Å²) < 4.78 is 0. The number of rotatable bonds is 3. The zero-order valence-electron chi connectivity index (χ0n) is 11.9. The molecule has 0 aromatic heterocycles. The number of nitrogens with zero attached hydrogens (tertiary/aromatic N) is 2. The van der Waals surface area contributed by atoms with Gasteiger partial charge in [0.25, 0.3) is 0 Å². The van der Waals surface area contributed by atoms with Crippen molar-refractivity contribution in [2.45, 2.75) is 57.0 Å². The molecule has 0 saturated carbocycles. The van der Waals surface area contributed by atoms with Gasteiger partial charge in [0.2, 0.25) is 5.91 Å². The molecule has 0 aliphatic carbocycles. The van der Waals surface area contributed by atoms with Crippen LogP contribution < -0.4 is 5.32 Å². The largest absolute Gasteiger partial charge is 0.342 e. The molecule has 4 nitrogen and oxygen atoms in total. The van der Waals surface area contributed by atoms with Crippen LogP contribution in [0.5, 0.6) is 0 Å². The van der Waals surface area contributed by atoms with E-state index >= 15 is 0 Å². The van der Waals surface area contributed by atoms with E-state index in [2.05, 4.69) is 15.1 Å². The summed E-state index contributed by atoms with van der Waals surface area (Å²) in [6, 6.07) is 1.23. The van der Waals surface area contributed by atoms with E-state index in [0.717, 1.165) is 26.2 Å². The summed E-state index contributed by atoms with van der Waals surface area (Å²) in [5.41, 5.74) is 0. The fourth-order valence-electron chi connectivity index (χ4n) is 3.95. The van der Waals surface area contributed by atoms with E-state index in [1.165, 1.54) is 44.9 Å². The Hall–Kier alpha value is -0.610. The first-order valence-corrected chi connectivity index (χ1v) is 8.10. The van der Waals surface area contributed by atoms with E-state index in [1.807, 2.05) is 0 Å². The zero-order chi connectivity index (χ0) is 13.1. The van der Waals surface area contributed by atoms with Crippen LogP contribution in [0, 0.1) is 0 Å². The van der Waals surface area contributed by atoms with Crippen LogP contribution in [0.25, 0.3) is 0 Å². The Labute approximate surface area is 116 Å². The van der Waals surface area contributed by atoms with Gasteiger partial charge < -0.3 is 10.2 Å². The third kappa shape index (κ3) is 3.11. The molecule has 3 rings (SSSR count). The molecule has 3 saturated heterocycles. The standard InChI is InChI=1S/C15H27N3O/c19-15(17-9-3-4-10-17)12-18-11-2-1-7-14(18)13-6-5-8-16-13/h13-14,16H,1-12H2. The van der Waals surface area contributed by atoms with E-state index in [0.29, 0.717) is 24.5 Å². The molecule has 108 valence electrons. The maximum Gasteiger partial charge on any atom is 0.236 e. The first-order chi connectivity index (χ1) is 9.34. The number of hydrogen-bond donors (Lipinski definition) is 1. The van der Waals surface area contributed by atoms with Crippen molar-refractivity contribution in [1.29, 1.82) is 0 Å². The average Bonchev–Trinajstić information content (AvgIpc) is 3.13. The molecule has 3 aliphatic heterocycles. The van der Waals surface area contributed by atoms with Crippen molar-refractivity contribution < 1.29 is 4.79 Å². The molecule has 3 aliphatic rings. The maximum atomic E-state index is 12.3. The Balaban J connectivity index is 1.58. The lowest BCUT2D eigenvalue weighted by molar-refractivity contribution is -0.132. The van der Waals surface area contributed by atoms with Crippen LogP contribution in [0.4, 0.5) is 0 Å². The van der Waals surface area contributed by atoms with E-state index < -0.39 is 0 Å². The molecule has 0 bridgehead atoms. The van der Waals surface area contributed by atoms with Gasteiger partial charge in [-0.2, -0.15) is 0 Å². The van der Waals surface area contributed by atoms with Gasteiger partial charge in [-0.15, -0.1) is 0 Å². The van der Waals surface area contributed by atoms with E-state index in [9.17, 15) is 4.79 Å². The average molecular weight is 265 g/mol. The first-order valence-electron chi connectivity index (χ1n) is 8.10. The van der Waals surface area contributed by atoms with Crippen molar-refractivity contribution in [2.24, 2.45) is 0 Å². The van der Waals surface area contributed by atoms with Crippen molar-refractivity contribution in [2.75, 3.05) is 32.7 Å². The summed E-state index contributed by atoms with van der Waals surface area (Å²) in [6.07, 6.45) is 8.84. The van der Waals surface area contributed by atoms with Crippen molar-refractivity contribution in [1.82, 2.24) is 15.1 Å². The normalized spacial score (nSPS) is 32.9. The maximum absolute atomic E-state index is 12.3. The van der Waals surface area contributed by atoms with Crippen molar-refractivity contribution >= 4 is 5.91 Å². The summed E-state index contributed by atoms with van der Waals surface area (Å²) in [5, 5.41) is 3.63. The fraction of sp³-hybridized carbons (Fsp3) is 0.933. The van der Waals surface area contributed by atoms with E-state index in [4.69, 9.17) is 0 Å². The lowest BCUT2D eigenvalue weighted by Crippen LogP contribution is -2.53. The van der Waals surface area contributed by atoms with Gasteiger partial charge in [0.15, 0.2) is 0 Å². The Morgan fingerprint density at radius 1 is 1.00 bits per heavy atom. The van der Waals surface area contributed by atoms with Crippen molar-refractivity contribution in [3.8, 4) is 0 Å². The van der Waals surface area contributed by atoms with E-state index in [1.54, 1.807) is 0 Å². The SMILES string of the molecule is O=C(CN1CCCCC1C1CCCN1)N1CCCC1. The van der Waals surface area contributed by atoms with Gasteiger partial charge in [0.05, 0.1) is 6.54 Å². The van der Waals surface area contributed by atoms with Gasteiger partial charge in [0, 0.05) is 25.2 Å². The smallest absolute Gasteiger partial charge is 0.236 e. The summed E-state index contributed by atoms with van der Waals surface area (Å²) in [4.78, 5) is 16.9. The second-order valence-corrected chi connectivity index (χ2v) is 6.32. The second-order valence-electron chi connectivity index (χ2n) is 6.32. The van der Waals surface area contributed by atoms with Crippen LogP contribution in [0.3, 0.4) is 0 Å². The number of carbonyl (C=O) groups is 1. The van der Waals surface area contributed by atoms with Crippen LogP contribution in [0.2, 0.25) is 0 Å². The predicted octanol–water partition coefficient (Wildman–Crippen LogP) is 1.22. The highest BCUT2D eigenvalue weighted by atomic mass is 16.2. The molecule has 3 heterocycles. The number of hydrogen-bond acceptors (Lipinski definition) is 3. The second kappa shape index (κ2) is 6.23. The Bertz CT molecular complexity index is 309. The van der Waals surface area contributed by atoms with Crippen LogP contribution in [-0.4, -0.2) is 60.5 Å². The molecule has 0 spiro atoms. The minimum absolute atomic E-state index is 0.363. The van der Waals surface area contributed by atoms with Crippen molar-refractivity contribution in [3.05, 3.63) is 0 Å². The van der Waals surface area contributed by atoms with Gasteiger partial charge in [0.1, 0.15) is 0 Å². The van der Waals surface area contributed by atoms with Gasteiger partial charge >= 0.3 is 0 Å². The molecular formula is C15H27N3O. The van der Waals surface area contributed by atoms with Gasteiger partial charge in [-0.1, -0.05) is 6.42 Å². The highest BCUT2D eigenvalue weighted by Gasteiger charge is 2.33. The minimum Gasteiger partial charge on any atom is -0.342 e. The molecule has 0 radical (unpaired) electrons. The Kier molecular flexibility index (Phi) is 4.38. The molecule has 2 atom stereocenters. The van der Waals surface area contributed by atoms with Gasteiger partial charge in [-0.3, -0.25) is 9.69 Å². The van der Waals surface area contributed by atoms with Crippen LogP contribution in [0.1, 0.15) is 44.9 Å². The minimum atomic E-state index is 0.363. The lowest BCUT2D eigenvalue weighted by atomic mass is 9.94.